The summed E-state index contributed by atoms with van der Waals surface area (Å²) in [4.78, 5) is 17.2. The quantitative estimate of drug-likeness (QED) is 0.772. The molecule has 0 spiro atoms. The van der Waals surface area contributed by atoms with Crippen LogP contribution >= 0.6 is 11.8 Å². The van der Waals surface area contributed by atoms with E-state index in [2.05, 4.69) is 15.0 Å². The highest BCUT2D eigenvalue weighted by atomic mass is 32.2. The molecule has 0 bridgehead atoms. The fraction of sp³-hybridized carbons (Fsp3) is 0.294. The first-order valence-electron chi connectivity index (χ1n) is 7.79. The lowest BCUT2D eigenvalue weighted by Gasteiger charge is -2.11. The Labute approximate surface area is 152 Å². The number of hydrogen-bond acceptors (Lipinski definition) is 5. The van der Waals surface area contributed by atoms with E-state index in [4.69, 9.17) is 0 Å². The van der Waals surface area contributed by atoms with E-state index < -0.39 is 10.0 Å². The Kier molecular flexibility index (Phi) is 6.44. The Morgan fingerprint density at radius 2 is 1.88 bits per heavy atom. The predicted octanol–water partition coefficient (Wildman–Crippen LogP) is 3.13. The molecule has 0 aliphatic carbocycles. The Morgan fingerprint density at radius 1 is 1.20 bits per heavy atom. The van der Waals surface area contributed by atoms with Crippen LogP contribution < -0.4 is 10.0 Å². The van der Waals surface area contributed by atoms with Gasteiger partial charge in [-0.25, -0.2) is 13.4 Å². The third kappa shape index (κ3) is 6.39. The minimum Gasteiger partial charge on any atom is -0.350 e. The summed E-state index contributed by atoms with van der Waals surface area (Å²) >= 11 is 1.43. The molecule has 0 fully saturated rings. The van der Waals surface area contributed by atoms with Crippen LogP contribution in [0, 0.1) is 0 Å². The van der Waals surface area contributed by atoms with Crippen molar-refractivity contribution in [2.75, 3.05) is 11.0 Å². The maximum absolute atomic E-state index is 12.0. The van der Waals surface area contributed by atoms with Gasteiger partial charge in [0.15, 0.2) is 0 Å². The molecule has 1 amide bonds. The lowest BCUT2D eigenvalue weighted by molar-refractivity contribution is 0.0939. The van der Waals surface area contributed by atoms with Crippen molar-refractivity contribution in [1.29, 1.82) is 0 Å². The topological polar surface area (TPSA) is 88.2 Å². The van der Waals surface area contributed by atoms with E-state index in [0.717, 1.165) is 22.6 Å². The highest BCUT2D eigenvalue weighted by Gasteiger charge is 2.09. The molecule has 1 aromatic heterocycles. The van der Waals surface area contributed by atoms with Crippen molar-refractivity contribution in [3.8, 4) is 0 Å². The highest BCUT2D eigenvalue weighted by molar-refractivity contribution is 7.99. The molecule has 2 rings (SSSR count). The molecule has 8 heteroatoms. The zero-order valence-electron chi connectivity index (χ0n) is 14.3. The van der Waals surface area contributed by atoms with Gasteiger partial charge < -0.3 is 5.32 Å². The van der Waals surface area contributed by atoms with E-state index in [1.54, 1.807) is 30.5 Å². The Morgan fingerprint density at radius 3 is 2.40 bits per heavy atom. The van der Waals surface area contributed by atoms with Crippen LogP contribution in [-0.2, 0) is 10.0 Å². The molecule has 6 nitrogen and oxygen atoms in total. The van der Waals surface area contributed by atoms with Gasteiger partial charge in [-0.2, -0.15) is 0 Å². The molecular formula is C17H21N3O3S2. The van der Waals surface area contributed by atoms with Crippen molar-refractivity contribution < 1.29 is 13.2 Å². The molecular weight excluding hydrogens is 358 g/mol. The number of nitrogens with zero attached hydrogens (tertiary/aromatic N) is 1. The summed E-state index contributed by atoms with van der Waals surface area (Å²) in [6.07, 6.45) is 3.54. The maximum atomic E-state index is 12.0. The molecule has 1 atom stereocenters. The van der Waals surface area contributed by atoms with Gasteiger partial charge in [0.1, 0.15) is 5.03 Å². The maximum Gasteiger partial charge on any atom is 0.253 e. The molecule has 0 radical (unpaired) electrons. The van der Waals surface area contributed by atoms with Gasteiger partial charge in [0.2, 0.25) is 10.0 Å². The van der Waals surface area contributed by atoms with E-state index >= 15 is 0 Å². The molecule has 1 aromatic carbocycles. The summed E-state index contributed by atoms with van der Waals surface area (Å²) in [6, 6.07) is 10.7. The second-order valence-corrected chi connectivity index (χ2v) is 8.51. The van der Waals surface area contributed by atoms with Crippen LogP contribution in [0.3, 0.4) is 0 Å². The number of anilines is 1. The van der Waals surface area contributed by atoms with Crippen LogP contribution in [0.1, 0.15) is 30.6 Å². The molecule has 134 valence electrons. The largest absolute Gasteiger partial charge is 0.350 e. The molecule has 0 aliphatic heterocycles. The van der Waals surface area contributed by atoms with Crippen LogP contribution in [0.4, 0.5) is 5.69 Å². The minimum absolute atomic E-state index is 0.126. The van der Waals surface area contributed by atoms with Gasteiger partial charge in [-0.3, -0.25) is 9.52 Å². The van der Waals surface area contributed by atoms with E-state index in [1.165, 1.54) is 11.8 Å². The number of hydrogen-bond donors (Lipinski definition) is 2. The molecule has 0 aliphatic rings. The summed E-state index contributed by atoms with van der Waals surface area (Å²) in [5.41, 5.74) is 1.04. The Hall–Kier alpha value is -2.06. The van der Waals surface area contributed by atoms with Crippen LogP contribution in [-0.4, -0.2) is 31.6 Å². The predicted molar refractivity (Wildman–Crippen MR) is 100 cm³/mol. The molecule has 25 heavy (non-hydrogen) atoms. The van der Waals surface area contributed by atoms with Gasteiger partial charge in [0.05, 0.1) is 11.8 Å². The molecule has 1 heterocycles. The number of rotatable bonds is 7. The number of sulfonamides is 1. The second-order valence-electron chi connectivity index (χ2n) is 5.67. The summed E-state index contributed by atoms with van der Waals surface area (Å²) < 4.78 is 24.8. The zero-order valence-corrected chi connectivity index (χ0v) is 15.9. The van der Waals surface area contributed by atoms with Gasteiger partial charge >= 0.3 is 0 Å². The summed E-state index contributed by atoms with van der Waals surface area (Å²) in [7, 11) is -3.28. The number of carbonyl (C=O) groups is 1. The number of benzene rings is 1. The van der Waals surface area contributed by atoms with Crippen molar-refractivity contribution >= 4 is 33.4 Å². The monoisotopic (exact) mass is 379 g/mol. The van der Waals surface area contributed by atoms with E-state index in [9.17, 15) is 13.2 Å². The summed E-state index contributed by atoms with van der Waals surface area (Å²) in [6.45, 7) is 3.97. The number of pyridine rings is 1. The number of aromatic nitrogens is 1. The first kappa shape index (κ1) is 19.3. The zero-order chi connectivity index (χ0) is 18.4. The average Bonchev–Trinajstić information content (AvgIpc) is 2.56. The van der Waals surface area contributed by atoms with E-state index in [1.807, 2.05) is 26.0 Å². The number of amides is 1. The smallest absolute Gasteiger partial charge is 0.253 e. The lowest BCUT2D eigenvalue weighted by Crippen LogP contribution is -2.31. The fourth-order valence-electron chi connectivity index (χ4n) is 1.91. The van der Waals surface area contributed by atoms with E-state index in [0.29, 0.717) is 11.3 Å². The third-order valence-electron chi connectivity index (χ3n) is 3.37. The molecule has 2 N–H and O–H groups in total. The van der Waals surface area contributed by atoms with Gasteiger partial charge in [0.25, 0.3) is 5.91 Å². The van der Waals surface area contributed by atoms with Gasteiger partial charge in [-0.15, -0.1) is 0 Å². The minimum atomic E-state index is -3.28. The second kappa shape index (κ2) is 8.35. The molecule has 2 aromatic rings. The number of carbonyl (C=O) groups excluding carboxylic acids is 1. The van der Waals surface area contributed by atoms with Crippen molar-refractivity contribution in [1.82, 2.24) is 10.3 Å². The Bertz CT molecular complexity index is 819. The van der Waals surface area contributed by atoms with Crippen molar-refractivity contribution in [2.45, 2.75) is 36.2 Å². The third-order valence-corrected chi connectivity index (χ3v) is 4.93. The van der Waals surface area contributed by atoms with Crippen LogP contribution in [0.2, 0.25) is 0 Å². The normalized spacial score (nSPS) is 12.4. The highest BCUT2D eigenvalue weighted by Crippen LogP contribution is 2.27. The van der Waals surface area contributed by atoms with Crippen LogP contribution in [0.25, 0.3) is 0 Å². The van der Waals surface area contributed by atoms with Gasteiger partial charge in [0, 0.05) is 22.8 Å². The molecule has 1 unspecified atom stereocenters. The first-order valence-corrected chi connectivity index (χ1v) is 10.5. The molecule has 0 saturated carbocycles. The van der Waals surface area contributed by atoms with Crippen LogP contribution in [0.15, 0.2) is 52.5 Å². The summed E-state index contributed by atoms with van der Waals surface area (Å²) in [5.74, 6) is -0.130. The SMILES string of the molecule is CCC(C)NC(=O)c1ccc(Sc2ccc(NS(C)(=O)=O)cc2)nc1. The Balaban J connectivity index is 2.00. The fourth-order valence-corrected chi connectivity index (χ4v) is 3.23. The molecule has 0 saturated heterocycles. The summed E-state index contributed by atoms with van der Waals surface area (Å²) in [5, 5.41) is 3.65. The number of nitrogens with one attached hydrogen (secondary N) is 2. The van der Waals surface area contributed by atoms with Crippen molar-refractivity contribution in [3.63, 3.8) is 0 Å². The van der Waals surface area contributed by atoms with Crippen molar-refractivity contribution in [2.24, 2.45) is 0 Å². The van der Waals surface area contributed by atoms with E-state index in [-0.39, 0.29) is 11.9 Å². The lowest BCUT2D eigenvalue weighted by atomic mass is 10.2. The van der Waals surface area contributed by atoms with Crippen LogP contribution in [0.5, 0.6) is 0 Å². The first-order chi connectivity index (χ1) is 11.8. The standard InChI is InChI=1S/C17H21N3O3S2/c1-4-12(2)19-17(21)13-5-10-16(18-11-13)24-15-8-6-14(7-9-15)20-25(3,22)23/h5-12,20H,4H2,1-3H3,(H,19,21). The van der Waals surface area contributed by atoms with Crippen molar-refractivity contribution in [3.05, 3.63) is 48.2 Å². The van der Waals surface area contributed by atoms with Gasteiger partial charge in [-0.05, 0) is 49.7 Å². The van der Waals surface area contributed by atoms with Gasteiger partial charge in [-0.1, -0.05) is 18.7 Å². The average molecular weight is 380 g/mol.